The fourth-order valence-corrected chi connectivity index (χ4v) is 2.20. The molecule has 2 atom stereocenters. The zero-order valence-corrected chi connectivity index (χ0v) is 10.5. The van der Waals surface area contributed by atoms with Crippen LogP contribution in [0, 0.1) is 11.8 Å². The predicted molar refractivity (Wildman–Crippen MR) is 69.1 cm³/mol. The molecule has 0 saturated heterocycles. The molecule has 1 heterocycles. The second-order valence-corrected chi connectivity index (χ2v) is 4.57. The first kappa shape index (κ1) is 13.3. The van der Waals surface area contributed by atoms with Crippen LogP contribution in [-0.4, -0.2) is 22.0 Å². The van der Waals surface area contributed by atoms with Gasteiger partial charge in [0.2, 0.25) is 5.91 Å². The van der Waals surface area contributed by atoms with Gasteiger partial charge in [0.05, 0.1) is 11.8 Å². The molecular formula is C14H16N2O3. The van der Waals surface area contributed by atoms with E-state index < -0.39 is 17.8 Å². The first-order valence-corrected chi connectivity index (χ1v) is 6.23. The SMILES string of the molecule is O=C(O)[C@H]1CC=CC[C@@H]1C(=O)NCc1cccnc1. The van der Waals surface area contributed by atoms with Gasteiger partial charge >= 0.3 is 5.97 Å². The van der Waals surface area contributed by atoms with Crippen molar-refractivity contribution in [1.82, 2.24) is 10.3 Å². The Hall–Kier alpha value is -2.17. The number of amides is 1. The van der Waals surface area contributed by atoms with Gasteiger partial charge in [0.15, 0.2) is 0 Å². The summed E-state index contributed by atoms with van der Waals surface area (Å²) in [5.74, 6) is -2.23. The lowest BCUT2D eigenvalue weighted by Gasteiger charge is -2.24. The van der Waals surface area contributed by atoms with Crippen molar-refractivity contribution in [3.05, 3.63) is 42.2 Å². The van der Waals surface area contributed by atoms with Gasteiger partial charge < -0.3 is 10.4 Å². The lowest BCUT2D eigenvalue weighted by molar-refractivity contribution is -0.147. The molecule has 19 heavy (non-hydrogen) atoms. The number of carbonyl (C=O) groups is 2. The number of carbonyl (C=O) groups excluding carboxylic acids is 1. The normalized spacial score (nSPS) is 21.9. The summed E-state index contributed by atoms with van der Waals surface area (Å²) >= 11 is 0. The molecule has 2 N–H and O–H groups in total. The van der Waals surface area contributed by atoms with Gasteiger partial charge in [0.25, 0.3) is 0 Å². The van der Waals surface area contributed by atoms with Crippen molar-refractivity contribution in [1.29, 1.82) is 0 Å². The quantitative estimate of drug-likeness (QED) is 0.801. The van der Waals surface area contributed by atoms with Crippen LogP contribution in [0.1, 0.15) is 18.4 Å². The maximum Gasteiger partial charge on any atom is 0.307 e. The fourth-order valence-electron chi connectivity index (χ4n) is 2.20. The Labute approximate surface area is 111 Å². The minimum absolute atomic E-state index is 0.208. The topological polar surface area (TPSA) is 79.3 Å². The monoisotopic (exact) mass is 260 g/mol. The Kier molecular flexibility index (Phi) is 4.28. The van der Waals surface area contributed by atoms with Crippen molar-refractivity contribution in [2.45, 2.75) is 19.4 Å². The van der Waals surface area contributed by atoms with E-state index in [1.165, 1.54) is 0 Å². The van der Waals surface area contributed by atoms with E-state index in [2.05, 4.69) is 10.3 Å². The highest BCUT2D eigenvalue weighted by atomic mass is 16.4. The Balaban J connectivity index is 1.95. The van der Waals surface area contributed by atoms with Crippen molar-refractivity contribution >= 4 is 11.9 Å². The number of nitrogens with zero attached hydrogens (tertiary/aromatic N) is 1. The van der Waals surface area contributed by atoms with E-state index in [9.17, 15) is 9.59 Å². The van der Waals surface area contributed by atoms with Crippen LogP contribution in [0.3, 0.4) is 0 Å². The summed E-state index contributed by atoms with van der Waals surface area (Å²) in [5, 5.41) is 11.9. The molecule has 0 spiro atoms. The smallest absolute Gasteiger partial charge is 0.307 e. The molecule has 1 aromatic heterocycles. The van der Waals surface area contributed by atoms with Gasteiger partial charge in [-0.05, 0) is 24.5 Å². The van der Waals surface area contributed by atoms with E-state index in [1.54, 1.807) is 18.5 Å². The lowest BCUT2D eigenvalue weighted by Crippen LogP contribution is -2.38. The summed E-state index contributed by atoms with van der Waals surface area (Å²) in [6, 6.07) is 3.66. The molecule has 0 aromatic carbocycles. The van der Waals surface area contributed by atoms with Gasteiger partial charge in [0.1, 0.15) is 0 Å². The summed E-state index contributed by atoms with van der Waals surface area (Å²) in [6.07, 6.45) is 7.93. The summed E-state index contributed by atoms with van der Waals surface area (Å²) < 4.78 is 0. The fraction of sp³-hybridized carbons (Fsp3) is 0.357. The van der Waals surface area contributed by atoms with Crippen molar-refractivity contribution < 1.29 is 14.7 Å². The first-order chi connectivity index (χ1) is 9.18. The molecule has 1 amide bonds. The number of aliphatic carboxylic acids is 1. The standard InChI is InChI=1S/C14H16N2O3/c17-13(16-9-10-4-3-7-15-8-10)11-5-1-2-6-12(11)14(18)19/h1-4,7-8,11-12H,5-6,9H2,(H,16,17)(H,18,19)/t11-,12-/m0/s1. The van der Waals surface area contributed by atoms with E-state index in [4.69, 9.17) is 5.11 Å². The van der Waals surface area contributed by atoms with Crippen LogP contribution in [0.25, 0.3) is 0 Å². The highest BCUT2D eigenvalue weighted by Crippen LogP contribution is 2.26. The maximum atomic E-state index is 12.1. The zero-order chi connectivity index (χ0) is 13.7. The number of carboxylic acid groups (broad SMARTS) is 1. The summed E-state index contributed by atoms with van der Waals surface area (Å²) in [6.45, 7) is 0.374. The third kappa shape index (κ3) is 3.40. The molecule has 0 aliphatic heterocycles. The van der Waals surface area contributed by atoms with Crippen molar-refractivity contribution in [3.8, 4) is 0 Å². The minimum Gasteiger partial charge on any atom is -0.481 e. The van der Waals surface area contributed by atoms with Crippen LogP contribution < -0.4 is 5.32 Å². The lowest BCUT2D eigenvalue weighted by atomic mass is 9.82. The number of pyridine rings is 1. The molecule has 1 aliphatic rings. The van der Waals surface area contributed by atoms with E-state index >= 15 is 0 Å². The van der Waals surface area contributed by atoms with Gasteiger partial charge in [0, 0.05) is 18.9 Å². The summed E-state index contributed by atoms with van der Waals surface area (Å²) in [4.78, 5) is 27.1. The van der Waals surface area contributed by atoms with Crippen LogP contribution in [0.15, 0.2) is 36.7 Å². The number of hydrogen-bond acceptors (Lipinski definition) is 3. The third-order valence-electron chi connectivity index (χ3n) is 3.28. The molecular weight excluding hydrogens is 244 g/mol. The Morgan fingerprint density at radius 2 is 2.05 bits per heavy atom. The van der Waals surface area contributed by atoms with Crippen molar-refractivity contribution in [3.63, 3.8) is 0 Å². The Morgan fingerprint density at radius 1 is 1.32 bits per heavy atom. The number of rotatable bonds is 4. The van der Waals surface area contributed by atoms with Gasteiger partial charge in [-0.2, -0.15) is 0 Å². The van der Waals surface area contributed by atoms with Crippen LogP contribution in [0.4, 0.5) is 0 Å². The van der Waals surface area contributed by atoms with Crippen molar-refractivity contribution in [2.24, 2.45) is 11.8 Å². The molecule has 1 aliphatic carbocycles. The molecule has 1 aromatic rings. The first-order valence-electron chi connectivity index (χ1n) is 6.23. The molecule has 5 nitrogen and oxygen atoms in total. The Bertz CT molecular complexity index is 485. The van der Waals surface area contributed by atoms with Crippen LogP contribution in [0.2, 0.25) is 0 Å². The zero-order valence-electron chi connectivity index (χ0n) is 10.5. The second kappa shape index (κ2) is 6.13. The summed E-state index contributed by atoms with van der Waals surface area (Å²) in [7, 11) is 0. The molecule has 0 radical (unpaired) electrons. The molecule has 0 unspecified atom stereocenters. The van der Waals surface area contributed by atoms with Gasteiger partial charge in [-0.15, -0.1) is 0 Å². The van der Waals surface area contributed by atoms with E-state index in [0.717, 1.165) is 5.56 Å². The predicted octanol–water partition coefficient (Wildman–Crippen LogP) is 1.36. The van der Waals surface area contributed by atoms with Crippen molar-refractivity contribution in [2.75, 3.05) is 0 Å². The van der Waals surface area contributed by atoms with Gasteiger partial charge in [-0.3, -0.25) is 14.6 Å². The molecule has 0 bridgehead atoms. The largest absolute Gasteiger partial charge is 0.481 e. The van der Waals surface area contributed by atoms with Crippen LogP contribution in [-0.2, 0) is 16.1 Å². The number of nitrogens with one attached hydrogen (secondary N) is 1. The highest BCUT2D eigenvalue weighted by Gasteiger charge is 2.33. The number of hydrogen-bond donors (Lipinski definition) is 2. The van der Waals surface area contributed by atoms with E-state index in [1.807, 2.05) is 18.2 Å². The highest BCUT2D eigenvalue weighted by molar-refractivity contribution is 5.85. The minimum atomic E-state index is -0.911. The second-order valence-electron chi connectivity index (χ2n) is 4.57. The van der Waals surface area contributed by atoms with Gasteiger partial charge in [-0.25, -0.2) is 0 Å². The molecule has 0 saturated carbocycles. The van der Waals surface area contributed by atoms with Gasteiger partial charge in [-0.1, -0.05) is 18.2 Å². The van der Waals surface area contributed by atoms with Crippen LogP contribution in [0.5, 0.6) is 0 Å². The third-order valence-corrected chi connectivity index (χ3v) is 3.28. The summed E-state index contributed by atoms with van der Waals surface area (Å²) in [5.41, 5.74) is 0.897. The maximum absolute atomic E-state index is 12.1. The molecule has 100 valence electrons. The van der Waals surface area contributed by atoms with Crippen LogP contribution >= 0.6 is 0 Å². The number of allylic oxidation sites excluding steroid dienone is 2. The van der Waals surface area contributed by atoms with E-state index in [-0.39, 0.29) is 5.91 Å². The number of aromatic nitrogens is 1. The molecule has 5 heteroatoms. The molecule has 0 fully saturated rings. The Morgan fingerprint density at radius 3 is 2.68 bits per heavy atom. The number of carboxylic acids is 1. The average molecular weight is 260 g/mol. The average Bonchev–Trinajstić information content (AvgIpc) is 2.46. The van der Waals surface area contributed by atoms with E-state index in [0.29, 0.717) is 19.4 Å². The molecule has 2 rings (SSSR count).